The molecule has 0 amide bonds. The Morgan fingerprint density at radius 3 is 2.18 bits per heavy atom. The van der Waals surface area contributed by atoms with E-state index < -0.39 is 0 Å². The molecule has 0 fully saturated rings. The van der Waals surface area contributed by atoms with Crippen LogP contribution >= 0.6 is 11.8 Å². The highest BCUT2D eigenvalue weighted by Crippen LogP contribution is 2.24. The van der Waals surface area contributed by atoms with E-state index in [1.807, 2.05) is 11.8 Å². The maximum absolute atomic E-state index is 9.23. The van der Waals surface area contributed by atoms with Gasteiger partial charge in [-0.15, -0.1) is 11.8 Å². The molecule has 17 heavy (non-hydrogen) atoms. The number of nitrogens with one attached hydrogen (secondary N) is 1. The van der Waals surface area contributed by atoms with Gasteiger partial charge in [-0.05, 0) is 31.5 Å². The number of aliphatic hydroxyl groups excluding tert-OH is 1. The molecule has 0 radical (unpaired) electrons. The lowest BCUT2D eigenvalue weighted by atomic mass is 10.1. The molecule has 2 atom stereocenters. The molecule has 0 aliphatic carbocycles. The van der Waals surface area contributed by atoms with E-state index in [0.29, 0.717) is 11.8 Å². The predicted octanol–water partition coefficient (Wildman–Crippen LogP) is 3.22. The first kappa shape index (κ1) is 14.6. The largest absolute Gasteiger partial charge is 0.392 e. The molecule has 2 N–H and O–H groups in total. The third-order valence-corrected chi connectivity index (χ3v) is 3.49. The van der Waals surface area contributed by atoms with Gasteiger partial charge in [0.15, 0.2) is 0 Å². The van der Waals surface area contributed by atoms with Gasteiger partial charge in [0.2, 0.25) is 0 Å². The second-order valence-corrected chi connectivity index (χ2v) is 6.36. The van der Waals surface area contributed by atoms with E-state index >= 15 is 0 Å². The Hall–Kier alpha value is -0.510. The first-order chi connectivity index (χ1) is 7.99. The Labute approximate surface area is 109 Å². The van der Waals surface area contributed by atoms with Crippen molar-refractivity contribution in [1.29, 1.82) is 0 Å². The molecule has 1 aromatic carbocycles. The molecule has 0 bridgehead atoms. The average Bonchev–Trinajstić information content (AvgIpc) is 2.26. The fraction of sp³-hybridized carbons (Fsp3) is 0.571. The smallest absolute Gasteiger partial charge is 0.0636 e. The second-order valence-electron chi connectivity index (χ2n) is 4.71. The summed E-state index contributed by atoms with van der Waals surface area (Å²) in [7, 11) is 0. The topological polar surface area (TPSA) is 32.3 Å². The van der Waals surface area contributed by atoms with Crippen molar-refractivity contribution >= 4 is 11.8 Å². The van der Waals surface area contributed by atoms with E-state index in [0.717, 1.165) is 0 Å². The lowest BCUT2D eigenvalue weighted by molar-refractivity contribution is 0.187. The van der Waals surface area contributed by atoms with E-state index in [1.54, 1.807) is 6.92 Å². The number of rotatable bonds is 6. The minimum Gasteiger partial charge on any atom is -0.392 e. The van der Waals surface area contributed by atoms with Gasteiger partial charge in [-0.1, -0.05) is 26.0 Å². The lowest BCUT2D eigenvalue weighted by Gasteiger charge is -2.16. The molecule has 2 unspecified atom stereocenters. The maximum Gasteiger partial charge on any atom is 0.0636 e. The van der Waals surface area contributed by atoms with Gasteiger partial charge in [0.05, 0.1) is 6.10 Å². The molecule has 0 saturated heterocycles. The van der Waals surface area contributed by atoms with Crippen LogP contribution in [0.25, 0.3) is 0 Å². The third kappa shape index (κ3) is 5.57. The zero-order chi connectivity index (χ0) is 12.8. The number of hydrogen-bond acceptors (Lipinski definition) is 3. The van der Waals surface area contributed by atoms with Crippen LogP contribution in [0.2, 0.25) is 0 Å². The number of benzene rings is 1. The Bertz CT molecular complexity index is 321. The van der Waals surface area contributed by atoms with Gasteiger partial charge in [-0.3, -0.25) is 0 Å². The molecule has 0 aliphatic heterocycles. The molecular formula is C14H23NOS. The summed E-state index contributed by atoms with van der Waals surface area (Å²) in [4.78, 5) is 1.31. The highest BCUT2D eigenvalue weighted by molar-refractivity contribution is 7.99. The molecule has 2 nitrogen and oxygen atoms in total. The number of hydrogen-bond donors (Lipinski definition) is 2. The Kier molecular flexibility index (Phi) is 6.03. The van der Waals surface area contributed by atoms with Gasteiger partial charge in [0, 0.05) is 22.7 Å². The first-order valence-electron chi connectivity index (χ1n) is 6.17. The van der Waals surface area contributed by atoms with Crippen molar-refractivity contribution < 1.29 is 5.11 Å². The van der Waals surface area contributed by atoms with Crippen LogP contribution in [-0.4, -0.2) is 23.0 Å². The van der Waals surface area contributed by atoms with Crippen LogP contribution in [0.5, 0.6) is 0 Å². The van der Waals surface area contributed by atoms with Crippen LogP contribution in [0.1, 0.15) is 39.3 Å². The molecule has 1 aromatic rings. The van der Waals surface area contributed by atoms with Gasteiger partial charge in [-0.2, -0.15) is 0 Å². The van der Waals surface area contributed by atoms with Crippen molar-refractivity contribution in [3.63, 3.8) is 0 Å². The summed E-state index contributed by atoms with van der Waals surface area (Å²) < 4.78 is 0. The minimum atomic E-state index is -0.298. The first-order valence-corrected chi connectivity index (χ1v) is 7.05. The normalized spacial score (nSPS) is 14.9. The fourth-order valence-electron chi connectivity index (χ4n) is 1.57. The van der Waals surface area contributed by atoms with E-state index in [1.165, 1.54) is 10.5 Å². The quantitative estimate of drug-likeness (QED) is 0.764. The molecule has 0 heterocycles. The Morgan fingerprint density at radius 1 is 1.12 bits per heavy atom. The lowest BCUT2D eigenvalue weighted by Crippen LogP contribution is -2.27. The maximum atomic E-state index is 9.23. The van der Waals surface area contributed by atoms with Crippen molar-refractivity contribution in [1.82, 2.24) is 5.32 Å². The van der Waals surface area contributed by atoms with Crippen LogP contribution in [0.4, 0.5) is 0 Å². The Morgan fingerprint density at radius 2 is 1.71 bits per heavy atom. The second kappa shape index (κ2) is 7.04. The summed E-state index contributed by atoms with van der Waals surface area (Å²) in [6, 6.07) is 8.93. The van der Waals surface area contributed by atoms with Crippen molar-refractivity contribution in [2.75, 3.05) is 6.54 Å². The molecule has 0 spiro atoms. The van der Waals surface area contributed by atoms with Gasteiger partial charge in [-0.25, -0.2) is 0 Å². The van der Waals surface area contributed by atoms with Gasteiger partial charge in [0.25, 0.3) is 0 Å². The Balaban J connectivity index is 2.54. The van der Waals surface area contributed by atoms with Crippen LogP contribution in [-0.2, 0) is 0 Å². The molecule has 96 valence electrons. The molecule has 1 rings (SSSR count). The monoisotopic (exact) mass is 253 g/mol. The van der Waals surface area contributed by atoms with Gasteiger partial charge in [0.1, 0.15) is 0 Å². The summed E-state index contributed by atoms with van der Waals surface area (Å²) in [5.41, 5.74) is 1.26. The molecule has 0 aliphatic rings. The number of thioether (sulfide) groups is 1. The third-order valence-electron chi connectivity index (χ3n) is 2.47. The summed E-state index contributed by atoms with van der Waals surface area (Å²) in [6.45, 7) is 8.94. The summed E-state index contributed by atoms with van der Waals surface area (Å²) in [6.07, 6.45) is -0.298. The zero-order valence-corrected chi connectivity index (χ0v) is 11.9. The fourth-order valence-corrected chi connectivity index (χ4v) is 2.41. The summed E-state index contributed by atoms with van der Waals surface area (Å²) >= 11 is 1.88. The van der Waals surface area contributed by atoms with Crippen LogP contribution in [0, 0.1) is 0 Å². The highest BCUT2D eigenvalue weighted by Gasteiger charge is 2.06. The summed E-state index contributed by atoms with van der Waals surface area (Å²) in [5.74, 6) is 0. The SMILES string of the molecule is CC(O)CNC(C)c1ccc(SC(C)C)cc1. The molecule has 3 heteroatoms. The minimum absolute atomic E-state index is 0.280. The predicted molar refractivity (Wildman–Crippen MR) is 75.5 cm³/mol. The van der Waals surface area contributed by atoms with Crippen LogP contribution in [0.3, 0.4) is 0 Å². The van der Waals surface area contributed by atoms with Crippen LogP contribution in [0.15, 0.2) is 29.2 Å². The van der Waals surface area contributed by atoms with Gasteiger partial charge >= 0.3 is 0 Å². The van der Waals surface area contributed by atoms with Crippen LogP contribution < -0.4 is 5.32 Å². The molecular weight excluding hydrogens is 230 g/mol. The van der Waals surface area contributed by atoms with Crippen molar-refractivity contribution in [3.05, 3.63) is 29.8 Å². The van der Waals surface area contributed by atoms with Crippen molar-refractivity contribution in [2.45, 2.75) is 50.0 Å². The van der Waals surface area contributed by atoms with E-state index in [9.17, 15) is 5.11 Å². The molecule has 0 saturated carbocycles. The number of aliphatic hydroxyl groups is 1. The van der Waals surface area contributed by atoms with E-state index in [2.05, 4.69) is 50.4 Å². The average molecular weight is 253 g/mol. The van der Waals surface area contributed by atoms with Gasteiger partial charge < -0.3 is 10.4 Å². The van der Waals surface area contributed by atoms with Crippen molar-refractivity contribution in [3.8, 4) is 0 Å². The molecule has 0 aromatic heterocycles. The van der Waals surface area contributed by atoms with E-state index in [4.69, 9.17) is 0 Å². The zero-order valence-electron chi connectivity index (χ0n) is 11.1. The highest BCUT2D eigenvalue weighted by atomic mass is 32.2. The van der Waals surface area contributed by atoms with E-state index in [-0.39, 0.29) is 12.1 Å². The van der Waals surface area contributed by atoms with Crippen molar-refractivity contribution in [2.24, 2.45) is 0 Å². The summed E-state index contributed by atoms with van der Waals surface area (Å²) in [5, 5.41) is 13.1. The standard InChI is InChI=1S/C14H23NOS/c1-10(2)17-14-7-5-13(6-8-14)12(4)15-9-11(3)16/h5-8,10-12,15-16H,9H2,1-4H3.